The van der Waals surface area contributed by atoms with Crippen LogP contribution in [0.4, 0.5) is 0 Å². The normalized spacial score (nSPS) is 25.4. The minimum atomic E-state index is -3.26. The van der Waals surface area contributed by atoms with Crippen molar-refractivity contribution in [3.8, 4) is 0 Å². The maximum atomic E-state index is 10.7. The summed E-state index contributed by atoms with van der Waals surface area (Å²) in [6, 6.07) is 0. The molecule has 0 saturated heterocycles. The Bertz CT molecular complexity index is 240. The predicted molar refractivity (Wildman–Crippen MR) is 42.7 cm³/mol. The minimum absolute atomic E-state index is 0.130. The second kappa shape index (κ2) is 3.36. The van der Waals surface area contributed by atoms with Crippen molar-refractivity contribution in [1.29, 1.82) is 0 Å². The third kappa shape index (κ3) is 3.53. The molecule has 0 fully saturated rings. The maximum absolute atomic E-state index is 10.7. The molecule has 0 bridgehead atoms. The molecule has 0 aliphatic heterocycles. The summed E-state index contributed by atoms with van der Waals surface area (Å²) in [5.41, 5.74) is 0. The van der Waals surface area contributed by atoms with Gasteiger partial charge in [0.05, 0.1) is 12.4 Å². The first kappa shape index (κ1) is 8.74. The first-order valence-corrected chi connectivity index (χ1v) is 5.43. The van der Waals surface area contributed by atoms with Crippen molar-refractivity contribution in [3.05, 3.63) is 12.2 Å². The highest BCUT2D eigenvalue weighted by Crippen LogP contribution is 2.15. The van der Waals surface area contributed by atoms with Crippen LogP contribution < -0.4 is 0 Å². The van der Waals surface area contributed by atoms with Gasteiger partial charge in [0.1, 0.15) is 0 Å². The first-order chi connectivity index (χ1) is 5.08. The van der Waals surface area contributed by atoms with E-state index in [0.29, 0.717) is 6.42 Å². The van der Waals surface area contributed by atoms with E-state index in [2.05, 4.69) is 0 Å². The Kier molecular flexibility index (Phi) is 2.67. The van der Waals surface area contributed by atoms with Gasteiger partial charge in [-0.15, -0.1) is 0 Å². The molecule has 0 aromatic heterocycles. The van der Waals surface area contributed by atoms with Crippen molar-refractivity contribution in [2.24, 2.45) is 0 Å². The quantitative estimate of drug-likeness (QED) is 0.467. The van der Waals surface area contributed by atoms with Crippen LogP contribution in [0.3, 0.4) is 0 Å². The largest absolute Gasteiger partial charge is 0.267 e. The molecule has 0 amide bonds. The zero-order valence-electron chi connectivity index (χ0n) is 6.49. The molecule has 64 valence electrons. The van der Waals surface area contributed by atoms with Crippen LogP contribution in [0.25, 0.3) is 0 Å². The number of hydrogen-bond acceptors (Lipinski definition) is 3. The van der Waals surface area contributed by atoms with E-state index in [0.717, 1.165) is 19.1 Å². The fourth-order valence-electron chi connectivity index (χ4n) is 1.10. The molecule has 4 heteroatoms. The molecule has 0 aromatic carbocycles. The Morgan fingerprint density at radius 2 is 2.18 bits per heavy atom. The van der Waals surface area contributed by atoms with Gasteiger partial charge in [-0.25, -0.2) is 0 Å². The number of allylic oxidation sites excluding steroid dienone is 1. The fraction of sp³-hybridized carbons (Fsp3) is 0.714. The lowest BCUT2D eigenvalue weighted by Gasteiger charge is -2.16. The van der Waals surface area contributed by atoms with E-state index < -0.39 is 10.1 Å². The van der Waals surface area contributed by atoms with Crippen LogP contribution in [0.2, 0.25) is 0 Å². The molecule has 0 radical (unpaired) electrons. The van der Waals surface area contributed by atoms with Crippen molar-refractivity contribution >= 4 is 10.1 Å². The number of hydrogen-bond donors (Lipinski definition) is 0. The molecule has 3 nitrogen and oxygen atoms in total. The highest BCUT2D eigenvalue weighted by molar-refractivity contribution is 7.86. The highest BCUT2D eigenvalue weighted by atomic mass is 32.2. The van der Waals surface area contributed by atoms with Crippen LogP contribution in [0.15, 0.2) is 12.2 Å². The Morgan fingerprint density at radius 1 is 1.45 bits per heavy atom. The van der Waals surface area contributed by atoms with Crippen LogP contribution in [-0.2, 0) is 14.3 Å². The molecule has 0 spiro atoms. The Hall–Kier alpha value is -0.350. The fourth-order valence-corrected chi connectivity index (χ4v) is 1.77. The van der Waals surface area contributed by atoms with E-state index in [1.165, 1.54) is 0 Å². The highest BCUT2D eigenvalue weighted by Gasteiger charge is 2.15. The van der Waals surface area contributed by atoms with Crippen LogP contribution in [-0.4, -0.2) is 20.8 Å². The molecule has 1 aliphatic carbocycles. The van der Waals surface area contributed by atoms with Gasteiger partial charge in [0.15, 0.2) is 0 Å². The second-order valence-electron chi connectivity index (χ2n) is 2.71. The summed E-state index contributed by atoms with van der Waals surface area (Å²) in [5.74, 6) is 0. The van der Waals surface area contributed by atoms with E-state index in [9.17, 15) is 8.42 Å². The molecule has 1 aliphatic rings. The average Bonchev–Trinajstić information content (AvgIpc) is 1.85. The third-order valence-electron chi connectivity index (χ3n) is 1.53. The monoisotopic (exact) mass is 176 g/mol. The molecule has 0 heterocycles. The van der Waals surface area contributed by atoms with Gasteiger partial charge in [0, 0.05) is 0 Å². The van der Waals surface area contributed by atoms with Gasteiger partial charge in [-0.3, -0.25) is 4.18 Å². The summed E-state index contributed by atoms with van der Waals surface area (Å²) in [6.07, 6.45) is 7.40. The molecule has 11 heavy (non-hydrogen) atoms. The molecular weight excluding hydrogens is 164 g/mol. The Labute approximate surface area is 67.2 Å². The van der Waals surface area contributed by atoms with Crippen molar-refractivity contribution in [1.82, 2.24) is 0 Å². The lowest BCUT2D eigenvalue weighted by molar-refractivity contribution is 0.200. The Morgan fingerprint density at radius 3 is 2.64 bits per heavy atom. The minimum Gasteiger partial charge on any atom is -0.267 e. The zero-order valence-corrected chi connectivity index (χ0v) is 7.30. The van der Waals surface area contributed by atoms with Crippen LogP contribution >= 0.6 is 0 Å². The van der Waals surface area contributed by atoms with E-state index in [1.54, 1.807) is 0 Å². The summed E-state index contributed by atoms with van der Waals surface area (Å²) in [7, 11) is -3.26. The molecule has 0 N–H and O–H groups in total. The van der Waals surface area contributed by atoms with Crippen molar-refractivity contribution in [3.63, 3.8) is 0 Å². The van der Waals surface area contributed by atoms with Gasteiger partial charge < -0.3 is 0 Å². The molecular formula is C7H12O3S. The Balaban J connectivity index is 2.44. The molecule has 1 unspecified atom stereocenters. The van der Waals surface area contributed by atoms with Crippen molar-refractivity contribution in [2.45, 2.75) is 25.4 Å². The maximum Gasteiger partial charge on any atom is 0.264 e. The zero-order chi connectivity index (χ0) is 8.32. The van der Waals surface area contributed by atoms with E-state index in [-0.39, 0.29) is 6.10 Å². The molecule has 0 aromatic rings. The smallest absolute Gasteiger partial charge is 0.264 e. The second-order valence-corrected chi connectivity index (χ2v) is 4.31. The summed E-state index contributed by atoms with van der Waals surface area (Å²) in [4.78, 5) is 0. The average molecular weight is 176 g/mol. The molecule has 1 atom stereocenters. The van der Waals surface area contributed by atoms with Gasteiger partial charge in [0.25, 0.3) is 10.1 Å². The third-order valence-corrected chi connectivity index (χ3v) is 2.15. The summed E-state index contributed by atoms with van der Waals surface area (Å²) < 4.78 is 26.1. The van der Waals surface area contributed by atoms with E-state index in [1.807, 2.05) is 12.2 Å². The molecule has 0 saturated carbocycles. The van der Waals surface area contributed by atoms with Gasteiger partial charge in [-0.1, -0.05) is 12.2 Å². The van der Waals surface area contributed by atoms with Crippen LogP contribution in [0, 0.1) is 0 Å². The van der Waals surface area contributed by atoms with E-state index >= 15 is 0 Å². The SMILES string of the molecule is CS(=O)(=O)OC1CC=CCC1. The lowest BCUT2D eigenvalue weighted by atomic mass is 10.1. The van der Waals surface area contributed by atoms with Crippen molar-refractivity contribution < 1.29 is 12.6 Å². The first-order valence-electron chi connectivity index (χ1n) is 3.61. The van der Waals surface area contributed by atoms with Gasteiger partial charge >= 0.3 is 0 Å². The van der Waals surface area contributed by atoms with E-state index in [4.69, 9.17) is 4.18 Å². The summed E-state index contributed by atoms with van der Waals surface area (Å²) in [5, 5.41) is 0. The van der Waals surface area contributed by atoms with Gasteiger partial charge in [0.2, 0.25) is 0 Å². The summed E-state index contributed by atoms with van der Waals surface area (Å²) in [6.45, 7) is 0. The van der Waals surface area contributed by atoms with Crippen LogP contribution in [0.5, 0.6) is 0 Å². The standard InChI is InChI=1S/C7H12O3S/c1-11(8,9)10-7-5-3-2-4-6-7/h2-3,7H,4-6H2,1H3. The van der Waals surface area contributed by atoms with Crippen LogP contribution in [0.1, 0.15) is 19.3 Å². The van der Waals surface area contributed by atoms with Crippen molar-refractivity contribution in [2.75, 3.05) is 6.26 Å². The predicted octanol–water partition coefficient (Wildman–Crippen LogP) is 1.07. The van der Waals surface area contributed by atoms with Gasteiger partial charge in [-0.2, -0.15) is 8.42 Å². The topological polar surface area (TPSA) is 43.4 Å². The van der Waals surface area contributed by atoms with Gasteiger partial charge in [-0.05, 0) is 19.3 Å². The lowest BCUT2D eigenvalue weighted by Crippen LogP contribution is -2.18. The number of rotatable bonds is 2. The molecule has 1 rings (SSSR count). The summed E-state index contributed by atoms with van der Waals surface area (Å²) >= 11 is 0.